The first kappa shape index (κ1) is 21.6. The summed E-state index contributed by atoms with van der Waals surface area (Å²) < 4.78 is 0. The van der Waals surface area contributed by atoms with E-state index < -0.39 is 0 Å². The molecule has 4 heterocycles. The van der Waals surface area contributed by atoms with Crippen molar-refractivity contribution in [2.45, 2.75) is 39.7 Å². The Balaban J connectivity index is 0.000000199. The van der Waals surface area contributed by atoms with Crippen molar-refractivity contribution < 1.29 is 4.79 Å². The molecule has 0 aliphatic carbocycles. The lowest BCUT2D eigenvalue weighted by molar-refractivity contribution is 0.0958. The van der Waals surface area contributed by atoms with Crippen molar-refractivity contribution in [2.75, 3.05) is 20.1 Å². The normalized spacial score (nSPS) is 13.7. The summed E-state index contributed by atoms with van der Waals surface area (Å²) in [7, 11) is 1.59. The van der Waals surface area contributed by atoms with Crippen LogP contribution in [-0.2, 0) is 13.0 Å². The van der Waals surface area contributed by atoms with Crippen LogP contribution in [0.4, 0.5) is 0 Å². The molecule has 1 aliphatic rings. The van der Waals surface area contributed by atoms with E-state index >= 15 is 0 Å². The van der Waals surface area contributed by atoms with Gasteiger partial charge in [0.1, 0.15) is 5.69 Å². The number of aryl methyl sites for hydroxylation is 2. The second-order valence-corrected chi connectivity index (χ2v) is 7.54. The third-order valence-electron chi connectivity index (χ3n) is 5.18. The molecule has 0 unspecified atom stereocenters. The van der Waals surface area contributed by atoms with E-state index in [0.29, 0.717) is 5.69 Å². The highest BCUT2D eigenvalue weighted by Gasteiger charge is 2.12. The van der Waals surface area contributed by atoms with Crippen molar-refractivity contribution >= 4 is 16.9 Å². The second kappa shape index (κ2) is 10.1. The van der Waals surface area contributed by atoms with E-state index in [9.17, 15) is 9.59 Å². The highest BCUT2D eigenvalue weighted by atomic mass is 16.1. The molecular weight excluding hydrogens is 378 g/mol. The average Bonchev–Trinajstić information content (AvgIpc) is 3.26. The van der Waals surface area contributed by atoms with Crippen molar-refractivity contribution in [1.29, 1.82) is 0 Å². The number of aromatic amines is 1. The summed E-state index contributed by atoms with van der Waals surface area (Å²) in [5, 5.41) is 2.50. The van der Waals surface area contributed by atoms with Gasteiger partial charge < -0.3 is 10.3 Å². The molecule has 7 nitrogen and oxygen atoms in total. The van der Waals surface area contributed by atoms with E-state index in [1.165, 1.54) is 31.5 Å². The quantitative estimate of drug-likeness (QED) is 0.694. The third kappa shape index (κ3) is 5.51. The fourth-order valence-electron chi connectivity index (χ4n) is 3.45. The topological polar surface area (TPSA) is 91.0 Å². The summed E-state index contributed by atoms with van der Waals surface area (Å²) in [5.41, 5.74) is 5.22. The summed E-state index contributed by atoms with van der Waals surface area (Å²) >= 11 is 0. The Kier molecular flexibility index (Phi) is 7.30. The van der Waals surface area contributed by atoms with Crippen molar-refractivity contribution in [3.63, 3.8) is 0 Å². The van der Waals surface area contributed by atoms with E-state index in [2.05, 4.69) is 31.2 Å². The number of carbonyl (C=O) groups excluding carboxylic acids is 1. The number of H-pyrrole nitrogens is 1. The van der Waals surface area contributed by atoms with Gasteiger partial charge in [-0.05, 0) is 68.6 Å². The largest absolute Gasteiger partial charge is 0.354 e. The van der Waals surface area contributed by atoms with Crippen LogP contribution in [-0.4, -0.2) is 45.9 Å². The van der Waals surface area contributed by atoms with Crippen molar-refractivity contribution in [2.24, 2.45) is 0 Å². The molecular formula is C23H29N5O2. The van der Waals surface area contributed by atoms with E-state index in [-0.39, 0.29) is 11.5 Å². The van der Waals surface area contributed by atoms with Crippen LogP contribution in [0.5, 0.6) is 0 Å². The Morgan fingerprint density at radius 2 is 1.93 bits per heavy atom. The number of hydrogen-bond donors (Lipinski definition) is 2. The van der Waals surface area contributed by atoms with Gasteiger partial charge in [0, 0.05) is 31.5 Å². The molecule has 1 amide bonds. The molecule has 0 spiro atoms. The predicted molar refractivity (Wildman–Crippen MR) is 119 cm³/mol. The number of amides is 1. The van der Waals surface area contributed by atoms with Gasteiger partial charge in [-0.25, -0.2) is 0 Å². The Morgan fingerprint density at radius 1 is 1.17 bits per heavy atom. The fourth-order valence-corrected chi connectivity index (χ4v) is 3.45. The highest BCUT2D eigenvalue weighted by molar-refractivity contribution is 5.91. The number of rotatable bonds is 4. The predicted octanol–water partition coefficient (Wildman–Crippen LogP) is 2.83. The molecule has 0 atom stereocenters. The van der Waals surface area contributed by atoms with E-state index in [1.54, 1.807) is 19.3 Å². The van der Waals surface area contributed by atoms with E-state index in [1.807, 2.05) is 32.2 Å². The van der Waals surface area contributed by atoms with Gasteiger partial charge in [0.2, 0.25) is 0 Å². The number of nitrogens with one attached hydrogen (secondary N) is 2. The Labute approximate surface area is 176 Å². The molecule has 0 saturated carbocycles. The molecule has 158 valence electrons. The van der Waals surface area contributed by atoms with Crippen LogP contribution in [0.1, 0.15) is 46.9 Å². The maximum Gasteiger partial charge on any atom is 0.269 e. The molecule has 3 aromatic heterocycles. The molecule has 0 aromatic carbocycles. The first-order valence-electron chi connectivity index (χ1n) is 10.4. The maximum atomic E-state index is 11.8. The van der Waals surface area contributed by atoms with Crippen LogP contribution < -0.4 is 10.9 Å². The summed E-state index contributed by atoms with van der Waals surface area (Å²) in [6, 6.07) is 7.51. The lowest BCUT2D eigenvalue weighted by atomic mass is 10.1. The maximum absolute atomic E-state index is 11.8. The fraction of sp³-hybridized carbons (Fsp3) is 0.391. The van der Waals surface area contributed by atoms with Crippen molar-refractivity contribution in [3.8, 4) is 0 Å². The molecule has 1 aliphatic heterocycles. The summed E-state index contributed by atoms with van der Waals surface area (Å²) in [6.07, 6.45) is 6.92. The highest BCUT2D eigenvalue weighted by Crippen LogP contribution is 2.15. The Hall–Kier alpha value is -3.06. The van der Waals surface area contributed by atoms with Crippen LogP contribution in [0.3, 0.4) is 0 Å². The second-order valence-electron chi connectivity index (χ2n) is 7.54. The molecule has 1 fully saturated rings. The minimum absolute atomic E-state index is 0.00937. The van der Waals surface area contributed by atoms with Gasteiger partial charge in [-0.15, -0.1) is 0 Å². The number of likely N-dealkylation sites (tertiary alicyclic amines) is 1. The standard InChI is InChI=1S/C15H19N3O.C8H10N2O/c1-2-12-8-13-14(17-15(12)19)7-11(9-16-13)10-18-5-3-4-6-18;1-6-3-4-7(10-5-6)8(11)9-2/h7-9H,2-6,10H2,1H3,(H,17,19);3-5H,1-2H3,(H,9,11). The molecule has 30 heavy (non-hydrogen) atoms. The van der Waals surface area contributed by atoms with Crippen LogP contribution >= 0.6 is 0 Å². The monoisotopic (exact) mass is 407 g/mol. The van der Waals surface area contributed by atoms with Gasteiger partial charge in [-0.2, -0.15) is 0 Å². The first-order chi connectivity index (χ1) is 14.5. The number of hydrogen-bond acceptors (Lipinski definition) is 5. The Morgan fingerprint density at radius 3 is 2.57 bits per heavy atom. The van der Waals surface area contributed by atoms with Crippen LogP contribution in [0, 0.1) is 6.92 Å². The minimum atomic E-state index is -0.148. The van der Waals surface area contributed by atoms with Gasteiger partial charge in [-0.3, -0.25) is 24.5 Å². The minimum Gasteiger partial charge on any atom is -0.354 e. The van der Waals surface area contributed by atoms with Crippen LogP contribution in [0.25, 0.3) is 11.0 Å². The summed E-state index contributed by atoms with van der Waals surface area (Å²) in [5.74, 6) is -0.148. The molecule has 0 bridgehead atoms. The van der Waals surface area contributed by atoms with Gasteiger partial charge in [0.05, 0.1) is 11.0 Å². The molecule has 1 saturated heterocycles. The number of pyridine rings is 3. The van der Waals surface area contributed by atoms with Crippen LogP contribution in [0.2, 0.25) is 0 Å². The third-order valence-corrected chi connectivity index (χ3v) is 5.18. The Bertz CT molecular complexity index is 1050. The van der Waals surface area contributed by atoms with Gasteiger partial charge >= 0.3 is 0 Å². The number of aromatic nitrogens is 3. The number of fused-ring (bicyclic) bond motifs is 1. The smallest absolute Gasteiger partial charge is 0.269 e. The first-order valence-corrected chi connectivity index (χ1v) is 10.4. The lowest BCUT2D eigenvalue weighted by Gasteiger charge is -2.14. The van der Waals surface area contributed by atoms with Gasteiger partial charge in [0.15, 0.2) is 0 Å². The summed E-state index contributed by atoms with van der Waals surface area (Å²) in [4.78, 5) is 36.6. The van der Waals surface area contributed by atoms with Gasteiger partial charge in [0.25, 0.3) is 11.5 Å². The molecule has 7 heteroatoms. The molecule has 3 aromatic rings. The molecule has 0 radical (unpaired) electrons. The van der Waals surface area contributed by atoms with Crippen LogP contribution in [0.15, 0.2) is 41.5 Å². The van der Waals surface area contributed by atoms with Gasteiger partial charge in [-0.1, -0.05) is 13.0 Å². The molecule has 4 rings (SSSR count). The zero-order valence-electron chi connectivity index (χ0n) is 17.9. The van der Waals surface area contributed by atoms with E-state index in [0.717, 1.165) is 35.1 Å². The number of carbonyl (C=O) groups is 1. The van der Waals surface area contributed by atoms with E-state index in [4.69, 9.17) is 0 Å². The average molecular weight is 408 g/mol. The zero-order valence-corrected chi connectivity index (χ0v) is 17.9. The number of nitrogens with zero attached hydrogens (tertiary/aromatic N) is 3. The zero-order chi connectivity index (χ0) is 21.5. The summed E-state index contributed by atoms with van der Waals surface area (Å²) in [6.45, 7) is 7.19. The lowest BCUT2D eigenvalue weighted by Crippen LogP contribution is -2.18. The van der Waals surface area contributed by atoms with Crippen molar-refractivity contribution in [1.82, 2.24) is 25.2 Å². The van der Waals surface area contributed by atoms with Crippen molar-refractivity contribution in [3.05, 3.63) is 69.4 Å². The molecule has 2 N–H and O–H groups in total. The SMILES string of the molecule is CCc1cc2ncc(CN3CCCC3)cc2[nH]c1=O.CNC(=O)c1ccc(C)cn1.